The molecule has 2 heterocycles. The lowest BCUT2D eigenvalue weighted by Gasteiger charge is -2.40. The molecule has 0 radical (unpaired) electrons. The highest BCUT2D eigenvalue weighted by atomic mass is 16.5. The second-order valence-electron chi connectivity index (χ2n) is 7.39. The third-order valence-corrected chi connectivity index (χ3v) is 4.80. The largest absolute Gasteiger partial charge is 0.469 e. The summed E-state index contributed by atoms with van der Waals surface area (Å²) in [7, 11) is 2.26. The van der Waals surface area contributed by atoms with E-state index in [2.05, 4.69) is 45.7 Å². The second kappa shape index (κ2) is 6.97. The summed E-state index contributed by atoms with van der Waals surface area (Å²) >= 11 is 0. The van der Waals surface area contributed by atoms with Gasteiger partial charge in [-0.1, -0.05) is 13.8 Å². The summed E-state index contributed by atoms with van der Waals surface area (Å²) in [5, 5.41) is 0. The van der Waals surface area contributed by atoms with Crippen LogP contribution >= 0.6 is 0 Å². The van der Waals surface area contributed by atoms with Crippen molar-refractivity contribution in [1.82, 2.24) is 4.90 Å². The minimum absolute atomic E-state index is 0.0234. The van der Waals surface area contributed by atoms with Gasteiger partial charge in [0.2, 0.25) is 0 Å². The molecule has 3 nitrogen and oxygen atoms in total. The molecule has 1 aliphatic heterocycles. The van der Waals surface area contributed by atoms with Crippen LogP contribution in [0.2, 0.25) is 0 Å². The van der Waals surface area contributed by atoms with Crippen molar-refractivity contribution in [2.24, 2.45) is 5.92 Å². The SMILES string of the molecule is CC(C)[C@H](CCN(C)[C@@H]1CCOC(C)(C)C1)c1ccco1. The number of rotatable bonds is 6. The molecule has 0 saturated carbocycles. The van der Waals surface area contributed by atoms with Crippen LogP contribution in [0.15, 0.2) is 22.8 Å². The van der Waals surface area contributed by atoms with Crippen LogP contribution in [0.3, 0.4) is 0 Å². The highest BCUT2D eigenvalue weighted by Crippen LogP contribution is 2.30. The maximum absolute atomic E-state index is 5.83. The molecule has 0 amide bonds. The number of hydrogen-bond acceptors (Lipinski definition) is 3. The number of hydrogen-bond donors (Lipinski definition) is 0. The Morgan fingerprint density at radius 1 is 1.38 bits per heavy atom. The summed E-state index contributed by atoms with van der Waals surface area (Å²) in [5.41, 5.74) is 0.0234. The van der Waals surface area contributed by atoms with E-state index in [4.69, 9.17) is 9.15 Å². The van der Waals surface area contributed by atoms with Crippen LogP contribution in [0.5, 0.6) is 0 Å². The molecule has 21 heavy (non-hydrogen) atoms. The summed E-state index contributed by atoms with van der Waals surface area (Å²) in [6, 6.07) is 4.75. The van der Waals surface area contributed by atoms with E-state index in [0.717, 1.165) is 38.2 Å². The van der Waals surface area contributed by atoms with Crippen molar-refractivity contribution in [1.29, 1.82) is 0 Å². The Kier molecular flexibility index (Phi) is 5.50. The molecule has 3 heteroatoms. The van der Waals surface area contributed by atoms with Crippen molar-refractivity contribution in [3.63, 3.8) is 0 Å². The second-order valence-corrected chi connectivity index (χ2v) is 7.39. The van der Waals surface area contributed by atoms with Gasteiger partial charge in [-0.2, -0.15) is 0 Å². The highest BCUT2D eigenvalue weighted by molar-refractivity contribution is 5.06. The van der Waals surface area contributed by atoms with Gasteiger partial charge in [0, 0.05) is 18.6 Å². The van der Waals surface area contributed by atoms with Gasteiger partial charge in [0.15, 0.2) is 0 Å². The number of nitrogens with zero attached hydrogens (tertiary/aromatic N) is 1. The molecule has 1 fully saturated rings. The smallest absolute Gasteiger partial charge is 0.107 e. The first kappa shape index (κ1) is 16.6. The third-order valence-electron chi connectivity index (χ3n) is 4.80. The lowest BCUT2D eigenvalue weighted by atomic mass is 9.89. The van der Waals surface area contributed by atoms with Gasteiger partial charge in [0.05, 0.1) is 11.9 Å². The first-order chi connectivity index (χ1) is 9.89. The third kappa shape index (κ3) is 4.58. The highest BCUT2D eigenvalue weighted by Gasteiger charge is 2.31. The Bertz CT molecular complexity index is 411. The van der Waals surface area contributed by atoms with E-state index in [0.29, 0.717) is 17.9 Å². The topological polar surface area (TPSA) is 25.6 Å². The van der Waals surface area contributed by atoms with Gasteiger partial charge in [-0.05, 0) is 64.8 Å². The first-order valence-corrected chi connectivity index (χ1v) is 8.26. The Labute approximate surface area is 129 Å². The van der Waals surface area contributed by atoms with E-state index in [9.17, 15) is 0 Å². The molecule has 1 aromatic heterocycles. The molecule has 1 saturated heterocycles. The maximum atomic E-state index is 5.83. The van der Waals surface area contributed by atoms with Gasteiger partial charge in [-0.3, -0.25) is 0 Å². The molecule has 0 aromatic carbocycles. The van der Waals surface area contributed by atoms with Crippen LogP contribution < -0.4 is 0 Å². The molecular formula is C18H31NO2. The van der Waals surface area contributed by atoms with Crippen LogP contribution in [0.25, 0.3) is 0 Å². The van der Waals surface area contributed by atoms with Gasteiger partial charge < -0.3 is 14.1 Å². The van der Waals surface area contributed by atoms with Crippen LogP contribution in [-0.4, -0.2) is 36.7 Å². The molecule has 2 atom stereocenters. The minimum Gasteiger partial charge on any atom is -0.469 e. The quantitative estimate of drug-likeness (QED) is 0.782. The molecule has 0 bridgehead atoms. The monoisotopic (exact) mass is 293 g/mol. The standard InChI is InChI=1S/C18H31NO2/c1-14(2)16(17-7-6-11-20-17)8-10-19(5)15-9-12-21-18(3,4)13-15/h6-7,11,14-16H,8-10,12-13H2,1-5H3/t15-,16+/m1/s1. The fourth-order valence-corrected chi connectivity index (χ4v) is 3.41. The van der Waals surface area contributed by atoms with Crippen molar-refractivity contribution >= 4 is 0 Å². The van der Waals surface area contributed by atoms with Crippen molar-refractivity contribution in [3.8, 4) is 0 Å². The first-order valence-electron chi connectivity index (χ1n) is 8.26. The van der Waals surface area contributed by atoms with Crippen molar-refractivity contribution < 1.29 is 9.15 Å². The zero-order chi connectivity index (χ0) is 15.5. The number of ether oxygens (including phenoxy) is 1. The van der Waals surface area contributed by atoms with Gasteiger partial charge >= 0.3 is 0 Å². The summed E-state index contributed by atoms with van der Waals surface area (Å²) < 4.78 is 11.5. The average Bonchev–Trinajstić information content (AvgIpc) is 2.91. The van der Waals surface area contributed by atoms with Crippen molar-refractivity contribution in [2.45, 2.75) is 64.5 Å². The summed E-state index contributed by atoms with van der Waals surface area (Å²) in [6.45, 7) is 11.0. The van der Waals surface area contributed by atoms with Crippen LogP contribution in [0.1, 0.15) is 58.6 Å². The Balaban J connectivity index is 1.88. The lowest BCUT2D eigenvalue weighted by Crippen LogP contribution is -2.45. The van der Waals surface area contributed by atoms with E-state index in [1.807, 2.05) is 6.07 Å². The van der Waals surface area contributed by atoms with E-state index in [1.165, 1.54) is 0 Å². The molecule has 0 aliphatic carbocycles. The van der Waals surface area contributed by atoms with Gasteiger partial charge in [-0.25, -0.2) is 0 Å². The zero-order valence-electron chi connectivity index (χ0n) is 14.3. The van der Waals surface area contributed by atoms with E-state index >= 15 is 0 Å². The maximum Gasteiger partial charge on any atom is 0.107 e. The zero-order valence-corrected chi connectivity index (χ0v) is 14.3. The van der Waals surface area contributed by atoms with Gasteiger partial charge in [-0.15, -0.1) is 0 Å². The Hall–Kier alpha value is -0.800. The fraction of sp³-hybridized carbons (Fsp3) is 0.778. The fourth-order valence-electron chi connectivity index (χ4n) is 3.41. The van der Waals surface area contributed by atoms with Gasteiger partial charge in [0.25, 0.3) is 0 Å². The number of furan rings is 1. The average molecular weight is 293 g/mol. The summed E-state index contributed by atoms with van der Waals surface area (Å²) in [6.07, 6.45) is 5.21. The molecule has 1 aliphatic rings. The van der Waals surface area contributed by atoms with Crippen LogP contribution in [0.4, 0.5) is 0 Å². The summed E-state index contributed by atoms with van der Waals surface area (Å²) in [5.74, 6) is 2.25. The van der Waals surface area contributed by atoms with E-state index in [1.54, 1.807) is 6.26 Å². The Morgan fingerprint density at radius 3 is 2.71 bits per heavy atom. The predicted molar refractivity (Wildman–Crippen MR) is 86.6 cm³/mol. The molecule has 0 spiro atoms. The van der Waals surface area contributed by atoms with E-state index in [-0.39, 0.29) is 5.60 Å². The van der Waals surface area contributed by atoms with Crippen molar-refractivity contribution in [2.75, 3.05) is 20.2 Å². The Morgan fingerprint density at radius 2 is 2.14 bits per heavy atom. The normalized spacial score (nSPS) is 23.7. The van der Waals surface area contributed by atoms with Crippen LogP contribution in [-0.2, 0) is 4.74 Å². The minimum atomic E-state index is 0.0234. The molecule has 0 N–H and O–H groups in total. The summed E-state index contributed by atoms with van der Waals surface area (Å²) in [4.78, 5) is 2.52. The van der Waals surface area contributed by atoms with Crippen molar-refractivity contribution in [3.05, 3.63) is 24.2 Å². The molecule has 2 rings (SSSR count). The van der Waals surface area contributed by atoms with Crippen LogP contribution in [0, 0.1) is 5.92 Å². The predicted octanol–water partition coefficient (Wildman–Crippen LogP) is 4.30. The van der Waals surface area contributed by atoms with Gasteiger partial charge in [0.1, 0.15) is 5.76 Å². The molecule has 120 valence electrons. The molecular weight excluding hydrogens is 262 g/mol. The molecule has 0 unspecified atom stereocenters. The van der Waals surface area contributed by atoms with E-state index < -0.39 is 0 Å². The molecule has 1 aromatic rings. The lowest BCUT2D eigenvalue weighted by molar-refractivity contribution is -0.0802.